The second kappa shape index (κ2) is 13.2. The van der Waals surface area contributed by atoms with Crippen molar-refractivity contribution in [2.45, 2.75) is 108 Å². The molecular weight excluding hydrogens is 531 g/mol. The Labute approximate surface area is 231 Å². The molecule has 2 aliphatic rings. The molecule has 3 atom stereocenters. The molecule has 39 heavy (non-hydrogen) atoms. The van der Waals surface area contributed by atoms with Crippen LogP contribution in [0.5, 0.6) is 0 Å². The number of hydrogen-bond donors (Lipinski definition) is 0. The molecule has 11 heteroatoms. The summed E-state index contributed by atoms with van der Waals surface area (Å²) >= 11 is 0. The Bertz CT molecular complexity index is 1040. The van der Waals surface area contributed by atoms with Crippen molar-refractivity contribution in [3.05, 3.63) is 29.8 Å². The molecule has 1 aromatic carbocycles. The Balaban J connectivity index is 1.70. The van der Waals surface area contributed by atoms with Crippen LogP contribution >= 0.6 is 0 Å². The Morgan fingerprint density at radius 2 is 1.69 bits per heavy atom. The lowest BCUT2D eigenvalue weighted by atomic mass is 9.97. The lowest BCUT2D eigenvalue weighted by molar-refractivity contribution is -0.137. The van der Waals surface area contributed by atoms with E-state index in [0.717, 1.165) is 63.0 Å². The van der Waals surface area contributed by atoms with Gasteiger partial charge in [-0.2, -0.15) is 17.5 Å². The van der Waals surface area contributed by atoms with Crippen molar-refractivity contribution in [3.8, 4) is 0 Å². The molecule has 0 spiro atoms. The SMILES string of the molecule is CCOC(=O)N1C(C)CCC1CC(CC)N1CCC(N(CC(C)C)S(=O)(=O)c2ccc(C(F)(F)F)cc2)CC1. The number of halogens is 3. The van der Waals surface area contributed by atoms with Crippen LogP contribution in [0.25, 0.3) is 0 Å². The van der Waals surface area contributed by atoms with Gasteiger partial charge in [0.15, 0.2) is 0 Å². The van der Waals surface area contributed by atoms with Crippen LogP contribution in [0.2, 0.25) is 0 Å². The minimum absolute atomic E-state index is 0.0638. The van der Waals surface area contributed by atoms with Crippen molar-refractivity contribution in [2.24, 2.45) is 5.92 Å². The number of ether oxygens (including phenoxy) is 1. The molecule has 2 heterocycles. The summed E-state index contributed by atoms with van der Waals surface area (Å²) in [7, 11) is -3.96. The standard InChI is InChI=1S/C28H44F3N3O4S/c1-6-23(18-25-11-8-21(5)34(25)27(35)38-7-2)32-16-14-24(15-17-32)33(19-20(3)4)39(36,37)26-12-9-22(10-13-26)28(29,30)31/h9-10,12-13,20-21,23-25H,6-8,11,14-19H2,1-5H3. The number of piperidine rings is 1. The lowest BCUT2D eigenvalue weighted by Gasteiger charge is -2.42. The molecule has 0 N–H and O–H groups in total. The minimum atomic E-state index is -4.52. The minimum Gasteiger partial charge on any atom is -0.450 e. The van der Waals surface area contributed by atoms with Gasteiger partial charge in [-0.1, -0.05) is 20.8 Å². The first-order valence-electron chi connectivity index (χ1n) is 14.2. The van der Waals surface area contributed by atoms with Gasteiger partial charge in [-0.15, -0.1) is 0 Å². The zero-order valence-electron chi connectivity index (χ0n) is 23.8. The highest BCUT2D eigenvalue weighted by molar-refractivity contribution is 7.89. The first kappa shape index (κ1) is 31.7. The maximum Gasteiger partial charge on any atom is 0.416 e. The number of hydrogen-bond acceptors (Lipinski definition) is 5. The fraction of sp³-hybridized carbons (Fsp3) is 0.750. The van der Waals surface area contributed by atoms with E-state index in [0.29, 0.717) is 26.0 Å². The van der Waals surface area contributed by atoms with Crippen LogP contribution in [0.3, 0.4) is 0 Å². The second-order valence-electron chi connectivity index (χ2n) is 11.2. The van der Waals surface area contributed by atoms with Crippen LogP contribution in [0, 0.1) is 5.92 Å². The molecule has 2 aliphatic heterocycles. The van der Waals surface area contributed by atoms with Gasteiger partial charge >= 0.3 is 12.3 Å². The van der Waals surface area contributed by atoms with Gasteiger partial charge in [0.1, 0.15) is 0 Å². The molecule has 1 aromatic rings. The van der Waals surface area contributed by atoms with Crippen molar-refractivity contribution in [2.75, 3.05) is 26.2 Å². The summed E-state index contributed by atoms with van der Waals surface area (Å²) in [6.45, 7) is 12.0. The zero-order valence-corrected chi connectivity index (χ0v) is 24.6. The molecule has 0 bridgehead atoms. The van der Waals surface area contributed by atoms with Crippen LogP contribution < -0.4 is 0 Å². The number of nitrogens with zero attached hydrogens (tertiary/aromatic N) is 3. The molecule has 222 valence electrons. The van der Waals surface area contributed by atoms with Crippen LogP contribution in [0.15, 0.2) is 29.2 Å². The Morgan fingerprint density at radius 3 is 2.21 bits per heavy atom. The molecule has 0 aromatic heterocycles. The highest BCUT2D eigenvalue weighted by atomic mass is 32.2. The predicted octanol–water partition coefficient (Wildman–Crippen LogP) is 5.99. The van der Waals surface area contributed by atoms with Crippen molar-refractivity contribution >= 4 is 16.1 Å². The molecule has 3 unspecified atom stereocenters. The number of carbonyl (C=O) groups excluding carboxylic acids is 1. The summed E-state index contributed by atoms with van der Waals surface area (Å²) < 4.78 is 73.1. The molecule has 7 nitrogen and oxygen atoms in total. The summed E-state index contributed by atoms with van der Waals surface area (Å²) in [6.07, 6.45) is 0.187. The number of carbonyl (C=O) groups is 1. The summed E-state index contributed by atoms with van der Waals surface area (Å²) in [5, 5.41) is 0. The fourth-order valence-electron chi connectivity index (χ4n) is 6.01. The Morgan fingerprint density at radius 1 is 1.08 bits per heavy atom. The van der Waals surface area contributed by atoms with Crippen molar-refractivity contribution in [3.63, 3.8) is 0 Å². The van der Waals surface area contributed by atoms with Gasteiger partial charge in [0.2, 0.25) is 10.0 Å². The summed E-state index contributed by atoms with van der Waals surface area (Å²) in [4.78, 5) is 16.7. The highest BCUT2D eigenvalue weighted by Gasteiger charge is 2.39. The van der Waals surface area contributed by atoms with Crippen LogP contribution in [-0.4, -0.2) is 79.0 Å². The quantitative estimate of drug-likeness (QED) is 0.343. The van der Waals surface area contributed by atoms with E-state index in [2.05, 4.69) is 18.7 Å². The van der Waals surface area contributed by atoms with E-state index in [1.807, 2.05) is 25.7 Å². The molecule has 1 amide bonds. The number of benzene rings is 1. The van der Waals surface area contributed by atoms with Crippen molar-refractivity contribution in [1.82, 2.24) is 14.1 Å². The maximum absolute atomic E-state index is 13.6. The molecule has 2 fully saturated rings. The Hall–Kier alpha value is -1.85. The average molecular weight is 576 g/mol. The van der Waals surface area contributed by atoms with E-state index in [1.54, 1.807) is 0 Å². The number of sulfonamides is 1. The summed E-state index contributed by atoms with van der Waals surface area (Å²) in [6, 6.07) is 4.10. The summed E-state index contributed by atoms with van der Waals surface area (Å²) in [5.41, 5.74) is -0.867. The number of alkyl halides is 3. The van der Waals surface area contributed by atoms with E-state index >= 15 is 0 Å². The predicted molar refractivity (Wildman–Crippen MR) is 145 cm³/mol. The number of rotatable bonds is 10. The van der Waals surface area contributed by atoms with E-state index in [9.17, 15) is 26.4 Å². The molecule has 2 saturated heterocycles. The van der Waals surface area contributed by atoms with Gasteiger partial charge in [0, 0.05) is 30.7 Å². The first-order valence-corrected chi connectivity index (χ1v) is 15.6. The third kappa shape index (κ3) is 7.67. The van der Waals surface area contributed by atoms with E-state index < -0.39 is 21.8 Å². The van der Waals surface area contributed by atoms with Gasteiger partial charge in [-0.3, -0.25) is 0 Å². The highest BCUT2D eigenvalue weighted by Crippen LogP contribution is 2.33. The zero-order chi connectivity index (χ0) is 29.0. The molecule has 0 radical (unpaired) electrons. The molecule has 3 rings (SSSR count). The van der Waals surface area contributed by atoms with Crippen LogP contribution in [0.4, 0.5) is 18.0 Å². The van der Waals surface area contributed by atoms with Crippen molar-refractivity contribution < 1.29 is 31.1 Å². The smallest absolute Gasteiger partial charge is 0.416 e. The van der Waals surface area contributed by atoms with Gasteiger partial charge in [-0.25, -0.2) is 13.2 Å². The molecular formula is C28H44F3N3O4S. The van der Waals surface area contributed by atoms with E-state index in [4.69, 9.17) is 4.74 Å². The normalized spacial score (nSPS) is 22.6. The maximum atomic E-state index is 13.6. The summed E-state index contributed by atoms with van der Waals surface area (Å²) in [5.74, 6) is 0.0638. The van der Waals surface area contributed by atoms with Gasteiger partial charge in [0.05, 0.1) is 17.1 Å². The Kier molecular flexibility index (Phi) is 10.7. The molecule has 0 saturated carbocycles. The van der Waals surface area contributed by atoms with Crippen molar-refractivity contribution in [1.29, 1.82) is 0 Å². The first-order chi connectivity index (χ1) is 18.3. The van der Waals surface area contributed by atoms with Crippen LogP contribution in [0.1, 0.15) is 78.7 Å². The van der Waals surface area contributed by atoms with E-state index in [-0.39, 0.29) is 41.1 Å². The molecule has 0 aliphatic carbocycles. The topological polar surface area (TPSA) is 70.2 Å². The van der Waals surface area contributed by atoms with Gasteiger partial charge in [-0.05, 0) is 95.6 Å². The third-order valence-electron chi connectivity index (χ3n) is 8.04. The van der Waals surface area contributed by atoms with Gasteiger partial charge < -0.3 is 14.5 Å². The van der Waals surface area contributed by atoms with Gasteiger partial charge in [0.25, 0.3) is 0 Å². The third-order valence-corrected chi connectivity index (χ3v) is 9.97. The monoisotopic (exact) mass is 575 g/mol. The second-order valence-corrected chi connectivity index (χ2v) is 13.1. The van der Waals surface area contributed by atoms with E-state index in [1.165, 1.54) is 4.31 Å². The lowest BCUT2D eigenvalue weighted by Crippen LogP contribution is -2.51. The largest absolute Gasteiger partial charge is 0.450 e. The number of amides is 1. The van der Waals surface area contributed by atoms with Crippen LogP contribution in [-0.2, 0) is 20.9 Å². The average Bonchev–Trinajstić information content (AvgIpc) is 3.25. The fourth-order valence-corrected chi connectivity index (χ4v) is 7.86. The number of likely N-dealkylation sites (tertiary alicyclic amines) is 2.